The predicted octanol–water partition coefficient (Wildman–Crippen LogP) is 3.99. The highest BCUT2D eigenvalue weighted by molar-refractivity contribution is 7.11. The summed E-state index contributed by atoms with van der Waals surface area (Å²) in [4.78, 5) is 28.0. The van der Waals surface area contributed by atoms with Crippen LogP contribution < -0.4 is 5.48 Å². The Balaban J connectivity index is 1.65. The number of hydrogen-bond donors (Lipinski definition) is 2. The topological polar surface area (TPSA) is 69.6 Å². The molecule has 0 fully saturated rings. The molecule has 146 valence electrons. The van der Waals surface area contributed by atoms with E-state index in [1.165, 1.54) is 0 Å². The van der Waals surface area contributed by atoms with Crippen molar-refractivity contribution in [3.63, 3.8) is 0 Å². The van der Waals surface area contributed by atoms with E-state index in [-0.39, 0.29) is 5.91 Å². The number of hydroxylamine groups is 1. The Morgan fingerprint density at radius 1 is 1.00 bits per heavy atom. The van der Waals surface area contributed by atoms with E-state index >= 15 is 0 Å². The number of fused-ring (bicyclic) bond motifs is 1. The van der Waals surface area contributed by atoms with Gasteiger partial charge in [0.05, 0.1) is 0 Å². The van der Waals surface area contributed by atoms with Gasteiger partial charge in [-0.05, 0) is 52.8 Å². The van der Waals surface area contributed by atoms with Crippen LogP contribution in [0.4, 0.5) is 0 Å². The number of nitrogens with zero attached hydrogens (tertiary/aromatic N) is 1. The van der Waals surface area contributed by atoms with Crippen molar-refractivity contribution in [2.24, 2.45) is 0 Å². The number of rotatable bonds is 4. The number of hydrogen-bond acceptors (Lipinski definition) is 4. The van der Waals surface area contributed by atoms with Gasteiger partial charge in [-0.1, -0.05) is 42.5 Å². The number of carbonyl (C=O) groups excluding carboxylic acids is 2. The molecule has 1 aromatic heterocycles. The fraction of sp³-hybridized carbons (Fsp3) is 0.130. The molecule has 1 aliphatic heterocycles. The molecule has 4 rings (SSSR count). The average molecular weight is 404 g/mol. The quantitative estimate of drug-likeness (QED) is 0.392. The van der Waals surface area contributed by atoms with Crippen molar-refractivity contribution in [1.82, 2.24) is 10.4 Å². The molecule has 2 heterocycles. The molecule has 2 aromatic carbocycles. The van der Waals surface area contributed by atoms with Crippen LogP contribution in [0.15, 0.2) is 66.0 Å². The summed E-state index contributed by atoms with van der Waals surface area (Å²) in [7, 11) is 0. The zero-order valence-corrected chi connectivity index (χ0v) is 16.5. The van der Waals surface area contributed by atoms with Crippen molar-refractivity contribution in [2.75, 3.05) is 6.54 Å². The average Bonchev–Trinajstić information content (AvgIpc) is 3.29. The van der Waals surface area contributed by atoms with Crippen molar-refractivity contribution in [1.29, 1.82) is 0 Å². The fourth-order valence-corrected chi connectivity index (χ4v) is 4.17. The molecule has 6 heteroatoms. The number of benzene rings is 2. The summed E-state index contributed by atoms with van der Waals surface area (Å²) < 4.78 is 0. The summed E-state index contributed by atoms with van der Waals surface area (Å²) >= 11 is 1.59. The monoisotopic (exact) mass is 404 g/mol. The molecule has 0 aliphatic carbocycles. The van der Waals surface area contributed by atoms with Crippen LogP contribution >= 0.6 is 11.3 Å². The molecule has 1 aliphatic rings. The molecule has 2 amide bonds. The second kappa shape index (κ2) is 8.43. The van der Waals surface area contributed by atoms with Gasteiger partial charge in [0, 0.05) is 29.1 Å². The van der Waals surface area contributed by atoms with Gasteiger partial charge in [0.1, 0.15) is 0 Å². The molecular formula is C23H20N2O3S. The first-order valence-electron chi connectivity index (χ1n) is 9.32. The summed E-state index contributed by atoms with van der Waals surface area (Å²) in [6.45, 7) is 1.04. The molecule has 0 unspecified atom stereocenters. The van der Waals surface area contributed by atoms with Gasteiger partial charge in [-0.2, -0.15) is 0 Å². The van der Waals surface area contributed by atoms with Crippen molar-refractivity contribution in [2.45, 2.75) is 13.0 Å². The molecule has 0 atom stereocenters. The largest absolute Gasteiger partial charge is 0.334 e. The Bertz CT molecular complexity index is 1060. The van der Waals surface area contributed by atoms with Gasteiger partial charge >= 0.3 is 0 Å². The highest BCUT2D eigenvalue weighted by atomic mass is 32.1. The van der Waals surface area contributed by atoms with Crippen LogP contribution in [-0.2, 0) is 17.8 Å². The molecule has 2 N–H and O–H groups in total. The predicted molar refractivity (Wildman–Crippen MR) is 113 cm³/mol. The minimum Gasteiger partial charge on any atom is -0.334 e. The second-order valence-corrected chi connectivity index (χ2v) is 7.82. The van der Waals surface area contributed by atoms with E-state index in [4.69, 9.17) is 5.21 Å². The molecule has 3 aromatic rings. The van der Waals surface area contributed by atoms with E-state index in [1.54, 1.807) is 28.9 Å². The van der Waals surface area contributed by atoms with Crippen molar-refractivity contribution >= 4 is 34.8 Å². The Hall–Kier alpha value is -3.22. The lowest BCUT2D eigenvalue weighted by atomic mass is 9.95. The SMILES string of the molecule is O=C(NO)c1ccc2c(c1)CN(C(=O)C(=Cc1cccs1)c1ccccc1)CC2. The summed E-state index contributed by atoms with van der Waals surface area (Å²) in [6.07, 6.45) is 2.66. The normalized spacial score (nSPS) is 13.7. The maximum atomic E-state index is 13.5. The number of amides is 2. The zero-order valence-electron chi connectivity index (χ0n) is 15.7. The highest BCUT2D eigenvalue weighted by Crippen LogP contribution is 2.27. The minimum absolute atomic E-state index is 0.0349. The lowest BCUT2D eigenvalue weighted by molar-refractivity contribution is -0.125. The van der Waals surface area contributed by atoms with Crippen LogP contribution in [0.5, 0.6) is 0 Å². The minimum atomic E-state index is -0.557. The molecule has 0 spiro atoms. The highest BCUT2D eigenvalue weighted by Gasteiger charge is 2.25. The lowest BCUT2D eigenvalue weighted by Gasteiger charge is -2.30. The third kappa shape index (κ3) is 4.13. The van der Waals surface area contributed by atoms with E-state index in [9.17, 15) is 9.59 Å². The second-order valence-electron chi connectivity index (χ2n) is 6.84. The van der Waals surface area contributed by atoms with Gasteiger partial charge in [-0.25, -0.2) is 5.48 Å². The standard InChI is InChI=1S/C23H20N2O3S/c26-22(24-28)18-9-8-16-10-11-25(15-19(16)13-18)23(27)21(14-20-7-4-12-29-20)17-5-2-1-3-6-17/h1-9,12-14,28H,10-11,15H2,(H,24,26). The third-order valence-electron chi connectivity index (χ3n) is 5.01. The van der Waals surface area contributed by atoms with Crippen LogP contribution in [0, 0.1) is 0 Å². The van der Waals surface area contributed by atoms with Gasteiger partial charge in [-0.3, -0.25) is 14.8 Å². The number of carbonyl (C=O) groups is 2. The maximum Gasteiger partial charge on any atom is 0.274 e. The molecule has 0 radical (unpaired) electrons. The number of nitrogens with one attached hydrogen (secondary N) is 1. The van der Waals surface area contributed by atoms with E-state index < -0.39 is 5.91 Å². The summed E-state index contributed by atoms with van der Waals surface area (Å²) in [5.41, 5.74) is 5.61. The first-order chi connectivity index (χ1) is 14.2. The Labute approximate surface area is 172 Å². The van der Waals surface area contributed by atoms with Gasteiger partial charge in [-0.15, -0.1) is 11.3 Å². The summed E-state index contributed by atoms with van der Waals surface area (Å²) in [5.74, 6) is -0.592. The van der Waals surface area contributed by atoms with Crippen molar-refractivity contribution in [3.8, 4) is 0 Å². The van der Waals surface area contributed by atoms with E-state index in [2.05, 4.69) is 0 Å². The Morgan fingerprint density at radius 3 is 2.55 bits per heavy atom. The molecule has 0 bridgehead atoms. The molecule has 5 nitrogen and oxygen atoms in total. The lowest BCUT2D eigenvalue weighted by Crippen LogP contribution is -2.36. The Kier molecular flexibility index (Phi) is 5.55. The van der Waals surface area contributed by atoms with Gasteiger partial charge in [0.15, 0.2) is 0 Å². The van der Waals surface area contributed by atoms with Crippen molar-refractivity contribution < 1.29 is 14.8 Å². The summed E-state index contributed by atoms with van der Waals surface area (Å²) in [5, 5.41) is 10.9. The third-order valence-corrected chi connectivity index (χ3v) is 5.83. The van der Waals surface area contributed by atoms with Crippen LogP contribution in [0.25, 0.3) is 11.6 Å². The van der Waals surface area contributed by atoms with E-state index in [1.807, 2.05) is 64.9 Å². The van der Waals surface area contributed by atoms with Crippen LogP contribution in [0.2, 0.25) is 0 Å². The number of thiophene rings is 1. The van der Waals surface area contributed by atoms with E-state index in [0.29, 0.717) is 24.2 Å². The summed E-state index contributed by atoms with van der Waals surface area (Å²) in [6, 6.07) is 19.0. The zero-order chi connectivity index (χ0) is 20.2. The van der Waals surface area contributed by atoms with Crippen LogP contribution in [-0.4, -0.2) is 28.5 Å². The van der Waals surface area contributed by atoms with Crippen LogP contribution in [0.3, 0.4) is 0 Å². The van der Waals surface area contributed by atoms with Crippen LogP contribution in [0.1, 0.15) is 31.9 Å². The molecule has 0 saturated carbocycles. The first-order valence-corrected chi connectivity index (χ1v) is 10.2. The van der Waals surface area contributed by atoms with Gasteiger partial charge in [0.2, 0.25) is 0 Å². The molecule has 29 heavy (non-hydrogen) atoms. The Morgan fingerprint density at radius 2 is 1.83 bits per heavy atom. The van der Waals surface area contributed by atoms with Gasteiger partial charge < -0.3 is 4.90 Å². The smallest absolute Gasteiger partial charge is 0.274 e. The fourth-order valence-electron chi connectivity index (χ4n) is 3.51. The van der Waals surface area contributed by atoms with Gasteiger partial charge in [0.25, 0.3) is 11.8 Å². The van der Waals surface area contributed by atoms with Crippen molar-refractivity contribution in [3.05, 3.63) is 93.2 Å². The molecule has 0 saturated heterocycles. The van der Waals surface area contributed by atoms with E-state index in [0.717, 1.165) is 28.0 Å². The molecular weight excluding hydrogens is 384 g/mol. The first kappa shape index (κ1) is 19.1. The maximum absolute atomic E-state index is 13.5.